The Morgan fingerprint density at radius 1 is 1.00 bits per heavy atom. The first-order valence-corrected chi connectivity index (χ1v) is 8.73. The summed E-state index contributed by atoms with van der Waals surface area (Å²) >= 11 is 6.39. The second kappa shape index (κ2) is 8.24. The highest BCUT2D eigenvalue weighted by molar-refractivity contribution is 6.35. The maximum atomic E-state index is 12.6. The van der Waals surface area contributed by atoms with E-state index in [1.165, 1.54) is 38.1 Å². The van der Waals surface area contributed by atoms with Gasteiger partial charge < -0.3 is 19.3 Å². The Morgan fingerprint density at radius 2 is 1.66 bits per heavy atom. The van der Waals surface area contributed by atoms with Crippen molar-refractivity contribution >= 4 is 23.5 Å². The number of halogens is 1. The zero-order valence-electron chi connectivity index (χ0n) is 15.8. The van der Waals surface area contributed by atoms with Gasteiger partial charge in [-0.15, -0.1) is 0 Å². The van der Waals surface area contributed by atoms with E-state index in [-0.39, 0.29) is 39.0 Å². The Balaban J connectivity index is 2.41. The average molecular weight is 417 g/mol. The molecule has 2 aromatic carbocycles. The lowest BCUT2D eigenvalue weighted by atomic mass is 10.0. The van der Waals surface area contributed by atoms with Crippen LogP contribution in [0.1, 0.15) is 20.8 Å². The molecule has 3 aromatic rings. The Labute approximate surface area is 171 Å². The molecule has 150 valence electrons. The summed E-state index contributed by atoms with van der Waals surface area (Å²) < 4.78 is 16.2. The molecule has 0 aliphatic rings. The van der Waals surface area contributed by atoms with Gasteiger partial charge in [-0.3, -0.25) is 0 Å². The van der Waals surface area contributed by atoms with Crippen molar-refractivity contribution in [3.63, 3.8) is 0 Å². The molecule has 1 heterocycles. The number of nitrogens with zero attached hydrogens (tertiary/aromatic N) is 2. The van der Waals surface area contributed by atoms with E-state index in [1.54, 1.807) is 30.3 Å². The first-order chi connectivity index (χ1) is 13.9. The third-order valence-electron chi connectivity index (χ3n) is 4.19. The average Bonchev–Trinajstić information content (AvgIpc) is 3.14. The maximum Gasteiger partial charge on any atom is 0.357 e. The minimum absolute atomic E-state index is 0.00821. The van der Waals surface area contributed by atoms with Gasteiger partial charge in [0, 0.05) is 5.56 Å². The zero-order valence-corrected chi connectivity index (χ0v) is 16.6. The molecule has 8 nitrogen and oxygen atoms in total. The van der Waals surface area contributed by atoms with Gasteiger partial charge in [0.1, 0.15) is 11.3 Å². The normalized spacial score (nSPS) is 10.5. The number of phenols is 1. The van der Waals surface area contributed by atoms with Gasteiger partial charge in [-0.05, 0) is 24.3 Å². The van der Waals surface area contributed by atoms with E-state index in [4.69, 9.17) is 25.8 Å². The Kier molecular flexibility index (Phi) is 5.74. The van der Waals surface area contributed by atoms with Crippen LogP contribution in [0.3, 0.4) is 0 Å². The van der Waals surface area contributed by atoms with E-state index in [0.717, 1.165) is 0 Å². The quantitative estimate of drug-likeness (QED) is 0.635. The summed E-state index contributed by atoms with van der Waals surface area (Å²) in [6.45, 7) is 0. The van der Waals surface area contributed by atoms with E-state index < -0.39 is 11.9 Å². The number of hydrogen-bond donors (Lipinski definition) is 1. The minimum Gasteiger partial charge on any atom is -0.504 e. The van der Waals surface area contributed by atoms with Crippen LogP contribution in [0.5, 0.6) is 11.5 Å². The predicted octanol–water partition coefficient (Wildman–Crippen LogP) is 3.48. The molecule has 0 saturated heterocycles. The summed E-state index contributed by atoms with van der Waals surface area (Å²) in [4.78, 5) is 25.2. The second-order valence-corrected chi connectivity index (χ2v) is 6.16. The number of esters is 2. The first-order valence-electron chi connectivity index (χ1n) is 8.35. The summed E-state index contributed by atoms with van der Waals surface area (Å²) in [7, 11) is 3.72. The molecule has 0 unspecified atom stereocenters. The molecule has 0 fully saturated rings. The lowest BCUT2D eigenvalue weighted by Gasteiger charge is -2.10. The smallest absolute Gasteiger partial charge is 0.357 e. The molecule has 0 radical (unpaired) electrons. The molecule has 0 aliphatic heterocycles. The number of rotatable bonds is 5. The van der Waals surface area contributed by atoms with Crippen molar-refractivity contribution in [2.75, 3.05) is 21.3 Å². The van der Waals surface area contributed by atoms with E-state index in [1.807, 2.05) is 0 Å². The van der Waals surface area contributed by atoms with Crippen LogP contribution >= 0.6 is 11.6 Å². The largest absolute Gasteiger partial charge is 0.504 e. The zero-order chi connectivity index (χ0) is 21.1. The van der Waals surface area contributed by atoms with Crippen molar-refractivity contribution in [2.24, 2.45) is 0 Å². The van der Waals surface area contributed by atoms with Crippen LogP contribution in [-0.2, 0) is 9.47 Å². The molecule has 1 N–H and O–H groups in total. The highest BCUT2D eigenvalue weighted by Crippen LogP contribution is 2.42. The Morgan fingerprint density at radius 3 is 2.24 bits per heavy atom. The van der Waals surface area contributed by atoms with E-state index >= 15 is 0 Å². The molecular formula is C20H17ClN2O6. The van der Waals surface area contributed by atoms with Gasteiger partial charge in [0.25, 0.3) is 0 Å². The van der Waals surface area contributed by atoms with Crippen LogP contribution in [-0.4, -0.2) is 48.2 Å². The van der Waals surface area contributed by atoms with E-state index in [9.17, 15) is 14.7 Å². The van der Waals surface area contributed by atoms with Gasteiger partial charge in [0.05, 0.1) is 32.0 Å². The molecular weight excluding hydrogens is 400 g/mol. The third kappa shape index (κ3) is 3.50. The Bertz CT molecular complexity index is 1080. The standard InChI is InChI=1S/C20H17ClN2O6/c1-27-18-13(24)10-9-12(15(18)21)16-14(19(25)28-2)17(20(26)29-3)23(22-16)11-7-5-4-6-8-11/h4-10,24H,1-3H3. The summed E-state index contributed by atoms with van der Waals surface area (Å²) in [6, 6.07) is 11.5. The van der Waals surface area contributed by atoms with Crippen molar-refractivity contribution in [3.8, 4) is 28.4 Å². The van der Waals surface area contributed by atoms with Crippen molar-refractivity contribution < 1.29 is 28.9 Å². The number of carbonyl (C=O) groups excluding carboxylic acids is 2. The minimum atomic E-state index is -0.800. The van der Waals surface area contributed by atoms with Gasteiger partial charge >= 0.3 is 11.9 Å². The monoisotopic (exact) mass is 416 g/mol. The number of hydrogen-bond acceptors (Lipinski definition) is 7. The number of phenolic OH excluding ortho intramolecular Hbond substituents is 1. The molecule has 0 atom stereocenters. The molecule has 3 rings (SSSR count). The fraction of sp³-hybridized carbons (Fsp3) is 0.150. The molecule has 0 bridgehead atoms. The molecule has 29 heavy (non-hydrogen) atoms. The fourth-order valence-electron chi connectivity index (χ4n) is 2.87. The molecule has 0 spiro atoms. The predicted molar refractivity (Wildman–Crippen MR) is 105 cm³/mol. The number of ether oxygens (including phenoxy) is 3. The summed E-state index contributed by atoms with van der Waals surface area (Å²) in [6.07, 6.45) is 0. The summed E-state index contributed by atoms with van der Waals surface area (Å²) in [5.41, 5.74) is 0.610. The van der Waals surface area contributed by atoms with Gasteiger partial charge in [0.2, 0.25) is 0 Å². The highest BCUT2D eigenvalue weighted by Gasteiger charge is 2.32. The number of benzene rings is 2. The molecule has 0 aliphatic carbocycles. The topological polar surface area (TPSA) is 99.9 Å². The highest BCUT2D eigenvalue weighted by atomic mass is 35.5. The van der Waals surface area contributed by atoms with E-state index in [0.29, 0.717) is 5.69 Å². The van der Waals surface area contributed by atoms with Crippen LogP contribution in [0.4, 0.5) is 0 Å². The van der Waals surface area contributed by atoms with Gasteiger partial charge in [0.15, 0.2) is 17.2 Å². The molecule has 0 saturated carbocycles. The first kappa shape index (κ1) is 20.2. The lowest BCUT2D eigenvalue weighted by Crippen LogP contribution is -2.15. The number of carbonyl (C=O) groups is 2. The van der Waals surface area contributed by atoms with E-state index in [2.05, 4.69) is 5.10 Å². The number of aromatic hydroxyl groups is 1. The Hall–Kier alpha value is -3.52. The number of aromatic nitrogens is 2. The van der Waals surface area contributed by atoms with Gasteiger partial charge in [-0.1, -0.05) is 29.8 Å². The van der Waals surface area contributed by atoms with Gasteiger partial charge in [-0.2, -0.15) is 5.10 Å². The third-order valence-corrected chi connectivity index (χ3v) is 4.57. The molecule has 1 aromatic heterocycles. The number of para-hydroxylation sites is 1. The van der Waals surface area contributed by atoms with Crippen LogP contribution in [0.25, 0.3) is 16.9 Å². The van der Waals surface area contributed by atoms with Crippen LogP contribution in [0.15, 0.2) is 42.5 Å². The summed E-state index contributed by atoms with van der Waals surface area (Å²) in [5.74, 6) is -1.76. The SMILES string of the molecule is COC(=O)c1c(-c2ccc(O)c(OC)c2Cl)nn(-c2ccccc2)c1C(=O)OC. The van der Waals surface area contributed by atoms with Crippen molar-refractivity contribution in [1.82, 2.24) is 9.78 Å². The number of methoxy groups -OCH3 is 3. The second-order valence-electron chi connectivity index (χ2n) is 5.78. The fourth-order valence-corrected chi connectivity index (χ4v) is 3.19. The van der Waals surface area contributed by atoms with Gasteiger partial charge in [-0.25, -0.2) is 14.3 Å². The van der Waals surface area contributed by atoms with Crippen LogP contribution < -0.4 is 4.74 Å². The molecule has 0 amide bonds. The van der Waals surface area contributed by atoms with Crippen LogP contribution in [0.2, 0.25) is 5.02 Å². The summed E-state index contributed by atoms with van der Waals surface area (Å²) in [5, 5.41) is 14.4. The molecule has 9 heteroatoms. The van der Waals surface area contributed by atoms with Crippen LogP contribution in [0, 0.1) is 0 Å². The lowest BCUT2D eigenvalue weighted by molar-refractivity contribution is 0.0549. The van der Waals surface area contributed by atoms with Crippen molar-refractivity contribution in [1.29, 1.82) is 0 Å². The van der Waals surface area contributed by atoms with Crippen molar-refractivity contribution in [3.05, 3.63) is 58.7 Å². The maximum absolute atomic E-state index is 12.6. The van der Waals surface area contributed by atoms with Crippen molar-refractivity contribution in [2.45, 2.75) is 0 Å².